The average molecular weight is 255 g/mol. The molecule has 0 radical (unpaired) electrons. The van der Waals surface area contributed by atoms with Crippen molar-refractivity contribution in [3.8, 4) is 0 Å². The van der Waals surface area contributed by atoms with Gasteiger partial charge >= 0.3 is 5.97 Å². The Balaban J connectivity index is 2.59. The summed E-state index contributed by atoms with van der Waals surface area (Å²) in [4.78, 5) is 11.2. The predicted molar refractivity (Wildman–Crippen MR) is 74.6 cm³/mol. The summed E-state index contributed by atoms with van der Waals surface area (Å²) in [7, 11) is 0. The van der Waals surface area contributed by atoms with Crippen molar-refractivity contribution < 1.29 is 9.90 Å². The Morgan fingerprint density at radius 1 is 1.22 bits per heavy atom. The number of aliphatic carboxylic acids is 1. The lowest BCUT2D eigenvalue weighted by Crippen LogP contribution is -2.46. The lowest BCUT2D eigenvalue weighted by Gasteiger charge is -2.33. The van der Waals surface area contributed by atoms with Crippen LogP contribution in [0.2, 0.25) is 0 Å². The number of carbonyl (C=O) groups is 1. The fraction of sp³-hybridized carbons (Fsp3) is 0.933. The maximum absolute atomic E-state index is 11.2. The van der Waals surface area contributed by atoms with E-state index in [9.17, 15) is 9.90 Å². The third-order valence-corrected chi connectivity index (χ3v) is 4.14. The predicted octanol–water partition coefficient (Wildman–Crippen LogP) is 3.29. The van der Waals surface area contributed by atoms with Crippen LogP contribution in [0, 0.1) is 17.3 Å². The first-order chi connectivity index (χ1) is 8.36. The number of carboxylic acids is 1. The van der Waals surface area contributed by atoms with Crippen molar-refractivity contribution in [2.45, 2.75) is 65.8 Å². The van der Waals surface area contributed by atoms with Crippen LogP contribution in [0.1, 0.15) is 59.8 Å². The maximum atomic E-state index is 11.2. The van der Waals surface area contributed by atoms with Gasteiger partial charge in [0.2, 0.25) is 0 Å². The minimum absolute atomic E-state index is 0.139. The fourth-order valence-corrected chi connectivity index (χ4v) is 3.38. The highest BCUT2D eigenvalue weighted by atomic mass is 16.4. The van der Waals surface area contributed by atoms with E-state index >= 15 is 0 Å². The monoisotopic (exact) mass is 255 g/mol. The molecule has 0 bridgehead atoms. The van der Waals surface area contributed by atoms with Gasteiger partial charge in [-0.25, -0.2) is 0 Å². The number of hydrogen-bond acceptors (Lipinski definition) is 2. The molecule has 0 heterocycles. The van der Waals surface area contributed by atoms with Crippen molar-refractivity contribution in [3.05, 3.63) is 0 Å². The minimum Gasteiger partial charge on any atom is -0.480 e. The van der Waals surface area contributed by atoms with E-state index in [4.69, 9.17) is 0 Å². The third-order valence-electron chi connectivity index (χ3n) is 4.14. The molecule has 2 N–H and O–H groups in total. The first kappa shape index (κ1) is 15.5. The second kappa shape index (κ2) is 6.55. The molecule has 0 saturated heterocycles. The largest absolute Gasteiger partial charge is 0.480 e. The van der Waals surface area contributed by atoms with E-state index in [0.29, 0.717) is 11.3 Å². The molecule has 1 rings (SSSR count). The Hall–Kier alpha value is -0.570. The topological polar surface area (TPSA) is 49.3 Å². The van der Waals surface area contributed by atoms with Crippen molar-refractivity contribution in [1.29, 1.82) is 0 Å². The highest BCUT2D eigenvalue weighted by Crippen LogP contribution is 2.42. The van der Waals surface area contributed by atoms with Crippen molar-refractivity contribution in [1.82, 2.24) is 5.32 Å². The van der Waals surface area contributed by atoms with E-state index in [1.807, 2.05) is 13.8 Å². The van der Waals surface area contributed by atoms with Gasteiger partial charge in [-0.1, -0.05) is 40.5 Å². The summed E-state index contributed by atoms with van der Waals surface area (Å²) in [5.74, 6) is 0.106. The zero-order valence-corrected chi connectivity index (χ0v) is 12.3. The molecule has 0 aromatic heterocycles. The Morgan fingerprint density at radius 3 is 2.17 bits per heavy atom. The van der Waals surface area contributed by atoms with E-state index in [0.717, 1.165) is 6.54 Å². The van der Waals surface area contributed by atoms with Crippen LogP contribution in [0.5, 0.6) is 0 Å². The second-order valence-electron chi connectivity index (χ2n) is 6.75. The molecule has 1 atom stereocenters. The zero-order chi connectivity index (χ0) is 13.8. The van der Waals surface area contributed by atoms with Crippen LogP contribution in [-0.2, 0) is 4.79 Å². The highest BCUT2D eigenvalue weighted by Gasteiger charge is 2.35. The van der Waals surface area contributed by atoms with E-state index in [1.165, 1.54) is 32.1 Å². The Bertz CT molecular complexity index is 268. The van der Waals surface area contributed by atoms with Gasteiger partial charge in [0.05, 0.1) is 0 Å². The molecule has 18 heavy (non-hydrogen) atoms. The molecule has 0 aromatic carbocycles. The number of hydrogen-bond donors (Lipinski definition) is 2. The molecule has 1 aliphatic carbocycles. The van der Waals surface area contributed by atoms with Gasteiger partial charge in [-0.2, -0.15) is 0 Å². The molecule has 0 amide bonds. The van der Waals surface area contributed by atoms with Gasteiger partial charge in [0.1, 0.15) is 6.04 Å². The van der Waals surface area contributed by atoms with E-state index in [1.54, 1.807) is 0 Å². The molecule has 3 heteroatoms. The maximum Gasteiger partial charge on any atom is 0.320 e. The molecule has 0 aliphatic heterocycles. The van der Waals surface area contributed by atoms with Crippen LogP contribution in [0.3, 0.4) is 0 Å². The van der Waals surface area contributed by atoms with E-state index in [2.05, 4.69) is 19.2 Å². The van der Waals surface area contributed by atoms with Crippen LogP contribution in [0.15, 0.2) is 0 Å². The normalized spacial score (nSPS) is 20.6. The lowest BCUT2D eigenvalue weighted by atomic mass is 9.78. The van der Waals surface area contributed by atoms with Gasteiger partial charge in [-0.3, -0.25) is 4.79 Å². The Morgan fingerprint density at radius 2 is 1.78 bits per heavy atom. The van der Waals surface area contributed by atoms with Crippen molar-refractivity contribution in [3.63, 3.8) is 0 Å². The van der Waals surface area contributed by atoms with Gasteiger partial charge in [0.25, 0.3) is 0 Å². The minimum atomic E-state index is -0.720. The summed E-state index contributed by atoms with van der Waals surface area (Å²) >= 11 is 0. The summed E-state index contributed by atoms with van der Waals surface area (Å²) in [5.41, 5.74) is 0.344. The molecule has 0 spiro atoms. The van der Waals surface area contributed by atoms with Gasteiger partial charge in [0, 0.05) is 6.54 Å². The quantitative estimate of drug-likeness (QED) is 0.734. The number of carboxylic acid groups (broad SMARTS) is 1. The molecular weight excluding hydrogens is 226 g/mol. The summed E-state index contributed by atoms with van der Waals surface area (Å²) in [6.45, 7) is 9.32. The Labute approximate surface area is 111 Å². The smallest absolute Gasteiger partial charge is 0.320 e. The van der Waals surface area contributed by atoms with Gasteiger partial charge in [0.15, 0.2) is 0 Å². The Kier molecular flexibility index (Phi) is 5.64. The molecule has 1 aliphatic rings. The lowest BCUT2D eigenvalue weighted by molar-refractivity contribution is -0.140. The molecule has 1 unspecified atom stereocenters. The van der Waals surface area contributed by atoms with E-state index in [-0.39, 0.29) is 5.92 Å². The SMILES string of the molecule is CC(C)CC1(CNC(C(=O)O)C(C)C)CCCC1. The van der Waals surface area contributed by atoms with Crippen LogP contribution in [0.25, 0.3) is 0 Å². The van der Waals surface area contributed by atoms with Crippen LogP contribution >= 0.6 is 0 Å². The molecule has 106 valence electrons. The van der Waals surface area contributed by atoms with Crippen LogP contribution < -0.4 is 5.32 Å². The fourth-order valence-electron chi connectivity index (χ4n) is 3.38. The molecule has 1 fully saturated rings. The highest BCUT2D eigenvalue weighted by molar-refractivity contribution is 5.73. The molecule has 1 saturated carbocycles. The van der Waals surface area contributed by atoms with Gasteiger partial charge < -0.3 is 10.4 Å². The van der Waals surface area contributed by atoms with Gasteiger partial charge in [-0.05, 0) is 36.5 Å². The first-order valence-electron chi connectivity index (χ1n) is 7.32. The summed E-state index contributed by atoms with van der Waals surface area (Å²) < 4.78 is 0. The van der Waals surface area contributed by atoms with Crippen molar-refractivity contribution in [2.24, 2.45) is 17.3 Å². The average Bonchev–Trinajstić information content (AvgIpc) is 2.64. The van der Waals surface area contributed by atoms with Crippen molar-refractivity contribution in [2.75, 3.05) is 6.54 Å². The third kappa shape index (κ3) is 4.27. The molecule has 3 nitrogen and oxygen atoms in total. The zero-order valence-electron chi connectivity index (χ0n) is 12.3. The summed E-state index contributed by atoms with van der Waals surface area (Å²) in [6.07, 6.45) is 6.32. The van der Waals surface area contributed by atoms with Crippen LogP contribution in [0.4, 0.5) is 0 Å². The van der Waals surface area contributed by atoms with E-state index < -0.39 is 12.0 Å². The second-order valence-corrected chi connectivity index (χ2v) is 6.75. The molecular formula is C15H29NO2. The number of nitrogens with one attached hydrogen (secondary N) is 1. The number of rotatable bonds is 7. The summed E-state index contributed by atoms with van der Waals surface area (Å²) in [6, 6.07) is -0.408. The van der Waals surface area contributed by atoms with Gasteiger partial charge in [-0.15, -0.1) is 0 Å². The standard InChI is InChI=1S/C15H29NO2/c1-11(2)9-15(7-5-6-8-15)10-16-13(12(3)4)14(17)18/h11-13,16H,5-10H2,1-4H3,(H,17,18). The van der Waals surface area contributed by atoms with Crippen molar-refractivity contribution >= 4 is 5.97 Å². The molecule has 0 aromatic rings. The van der Waals surface area contributed by atoms with Crippen LogP contribution in [-0.4, -0.2) is 23.7 Å². The first-order valence-corrected chi connectivity index (χ1v) is 7.32. The summed E-state index contributed by atoms with van der Waals surface area (Å²) in [5, 5.41) is 12.5.